The van der Waals surface area contributed by atoms with E-state index in [1.165, 1.54) is 0 Å². The van der Waals surface area contributed by atoms with Crippen molar-refractivity contribution in [3.8, 4) is 0 Å². The number of piperidine rings is 1. The minimum absolute atomic E-state index is 0.0238. The number of carbonyl (C=O) groups excluding carboxylic acids is 1. The third kappa shape index (κ3) is 2.52. The lowest BCUT2D eigenvalue weighted by Crippen LogP contribution is -2.42. The molecule has 1 N–H and O–H groups in total. The maximum Gasteiger partial charge on any atom is 0.308 e. The summed E-state index contributed by atoms with van der Waals surface area (Å²) >= 11 is 0. The lowest BCUT2D eigenvalue weighted by atomic mass is 9.97. The van der Waals surface area contributed by atoms with Crippen molar-refractivity contribution >= 4 is 11.9 Å². The van der Waals surface area contributed by atoms with Gasteiger partial charge in [-0.1, -0.05) is 0 Å². The SMILES string of the molecule is Cc1nn(C)cc1CN1CC(C(=O)O)CCC1=O. The number of nitrogens with zero attached hydrogens (tertiary/aromatic N) is 3. The predicted molar refractivity (Wildman–Crippen MR) is 63.7 cm³/mol. The van der Waals surface area contributed by atoms with Gasteiger partial charge in [0.05, 0.1) is 11.6 Å². The molecule has 0 bridgehead atoms. The highest BCUT2D eigenvalue weighted by molar-refractivity contribution is 5.80. The van der Waals surface area contributed by atoms with Crippen molar-refractivity contribution in [2.75, 3.05) is 6.54 Å². The molecule has 1 aliphatic rings. The molecule has 0 saturated carbocycles. The molecule has 98 valence electrons. The lowest BCUT2D eigenvalue weighted by molar-refractivity contribution is -0.147. The zero-order chi connectivity index (χ0) is 13.3. The van der Waals surface area contributed by atoms with Crippen LogP contribution in [0, 0.1) is 12.8 Å². The van der Waals surface area contributed by atoms with Gasteiger partial charge < -0.3 is 10.0 Å². The Balaban J connectivity index is 2.09. The smallest absolute Gasteiger partial charge is 0.308 e. The minimum Gasteiger partial charge on any atom is -0.481 e. The average molecular weight is 251 g/mol. The van der Waals surface area contributed by atoms with Gasteiger partial charge in [-0.3, -0.25) is 14.3 Å². The standard InChI is InChI=1S/C12H17N3O3/c1-8-10(5-14(2)13-8)7-15-6-9(12(17)18)3-4-11(15)16/h5,9H,3-4,6-7H2,1-2H3,(H,17,18). The fourth-order valence-electron chi connectivity index (χ4n) is 2.28. The van der Waals surface area contributed by atoms with Crippen LogP contribution in [0.3, 0.4) is 0 Å². The Kier molecular flexibility index (Phi) is 3.36. The molecule has 1 fully saturated rings. The second-order valence-electron chi connectivity index (χ2n) is 4.76. The Labute approximate surface area is 105 Å². The van der Waals surface area contributed by atoms with Gasteiger partial charge in [-0.25, -0.2) is 0 Å². The molecule has 0 radical (unpaired) electrons. The Morgan fingerprint density at radius 2 is 2.33 bits per heavy atom. The lowest BCUT2D eigenvalue weighted by Gasteiger charge is -2.30. The van der Waals surface area contributed by atoms with Gasteiger partial charge in [0.1, 0.15) is 0 Å². The molecule has 2 heterocycles. The normalized spacial score (nSPS) is 20.2. The highest BCUT2D eigenvalue weighted by Gasteiger charge is 2.30. The number of aromatic nitrogens is 2. The second-order valence-corrected chi connectivity index (χ2v) is 4.76. The van der Waals surface area contributed by atoms with Crippen LogP contribution in [0.2, 0.25) is 0 Å². The number of carboxylic acid groups (broad SMARTS) is 1. The van der Waals surface area contributed by atoms with E-state index >= 15 is 0 Å². The van der Waals surface area contributed by atoms with Crippen molar-refractivity contribution in [1.29, 1.82) is 0 Å². The fraction of sp³-hybridized carbons (Fsp3) is 0.583. The van der Waals surface area contributed by atoms with E-state index in [0.29, 0.717) is 25.9 Å². The summed E-state index contributed by atoms with van der Waals surface area (Å²) in [5.74, 6) is -1.24. The van der Waals surface area contributed by atoms with Gasteiger partial charge in [0.15, 0.2) is 0 Å². The molecule has 1 amide bonds. The van der Waals surface area contributed by atoms with E-state index in [9.17, 15) is 9.59 Å². The zero-order valence-electron chi connectivity index (χ0n) is 10.6. The quantitative estimate of drug-likeness (QED) is 0.851. The molecule has 1 aromatic heterocycles. The average Bonchev–Trinajstić information content (AvgIpc) is 2.60. The van der Waals surface area contributed by atoms with Crippen LogP contribution in [-0.4, -0.2) is 38.2 Å². The van der Waals surface area contributed by atoms with Gasteiger partial charge >= 0.3 is 5.97 Å². The molecule has 1 aliphatic heterocycles. The number of hydrogen-bond donors (Lipinski definition) is 1. The largest absolute Gasteiger partial charge is 0.481 e. The fourth-order valence-corrected chi connectivity index (χ4v) is 2.28. The molecule has 1 atom stereocenters. The number of likely N-dealkylation sites (tertiary alicyclic amines) is 1. The number of amides is 1. The van der Waals surface area contributed by atoms with E-state index in [-0.39, 0.29) is 5.91 Å². The van der Waals surface area contributed by atoms with Gasteiger partial charge in [-0.15, -0.1) is 0 Å². The number of carbonyl (C=O) groups is 2. The molecule has 0 spiro atoms. The third-order valence-corrected chi connectivity index (χ3v) is 3.33. The summed E-state index contributed by atoms with van der Waals surface area (Å²) in [4.78, 5) is 24.4. The monoisotopic (exact) mass is 251 g/mol. The summed E-state index contributed by atoms with van der Waals surface area (Å²) in [5.41, 5.74) is 1.85. The molecule has 6 nitrogen and oxygen atoms in total. The molecule has 0 aliphatic carbocycles. The van der Waals surface area contributed by atoms with Crippen LogP contribution in [0.15, 0.2) is 6.20 Å². The second kappa shape index (κ2) is 4.80. The first kappa shape index (κ1) is 12.6. The third-order valence-electron chi connectivity index (χ3n) is 3.33. The summed E-state index contributed by atoms with van der Waals surface area (Å²) in [6, 6.07) is 0. The minimum atomic E-state index is -0.824. The molecule has 1 saturated heterocycles. The Bertz CT molecular complexity index is 481. The predicted octanol–water partition coefficient (Wildman–Crippen LogP) is 0.552. The van der Waals surface area contributed by atoms with Crippen LogP contribution in [-0.2, 0) is 23.2 Å². The first-order valence-corrected chi connectivity index (χ1v) is 5.97. The van der Waals surface area contributed by atoms with Gasteiger partial charge in [0.25, 0.3) is 0 Å². The molecule has 1 aromatic rings. The molecule has 2 rings (SSSR count). The molecule has 0 aromatic carbocycles. The number of rotatable bonds is 3. The van der Waals surface area contributed by atoms with E-state index < -0.39 is 11.9 Å². The van der Waals surface area contributed by atoms with Gasteiger partial charge in [-0.05, 0) is 13.3 Å². The van der Waals surface area contributed by atoms with E-state index in [4.69, 9.17) is 5.11 Å². The van der Waals surface area contributed by atoms with Crippen LogP contribution in [0.4, 0.5) is 0 Å². The summed E-state index contributed by atoms with van der Waals surface area (Å²) < 4.78 is 1.70. The molecule has 18 heavy (non-hydrogen) atoms. The van der Waals surface area contributed by atoms with Gasteiger partial charge in [0.2, 0.25) is 5.91 Å². The molecule has 6 heteroatoms. The van der Waals surface area contributed by atoms with Crippen molar-refractivity contribution in [3.63, 3.8) is 0 Å². The zero-order valence-corrected chi connectivity index (χ0v) is 10.6. The maximum absolute atomic E-state index is 11.8. The molecule has 1 unspecified atom stereocenters. The Morgan fingerprint density at radius 1 is 1.61 bits per heavy atom. The first-order chi connectivity index (χ1) is 8.47. The summed E-state index contributed by atoms with van der Waals surface area (Å²) in [5, 5.41) is 13.2. The van der Waals surface area contributed by atoms with Gasteiger partial charge in [0, 0.05) is 38.3 Å². The summed E-state index contributed by atoms with van der Waals surface area (Å²) in [6.45, 7) is 2.63. The Morgan fingerprint density at radius 3 is 2.89 bits per heavy atom. The number of hydrogen-bond acceptors (Lipinski definition) is 3. The number of carboxylic acids is 1. The van der Waals surface area contributed by atoms with Crippen molar-refractivity contribution in [3.05, 3.63) is 17.5 Å². The maximum atomic E-state index is 11.8. The summed E-state index contributed by atoms with van der Waals surface area (Å²) in [6.07, 6.45) is 2.62. The topological polar surface area (TPSA) is 75.4 Å². The van der Waals surface area contributed by atoms with Crippen LogP contribution >= 0.6 is 0 Å². The van der Waals surface area contributed by atoms with Crippen LogP contribution in [0.5, 0.6) is 0 Å². The first-order valence-electron chi connectivity index (χ1n) is 5.97. The molecular weight excluding hydrogens is 234 g/mol. The van der Waals surface area contributed by atoms with Crippen molar-refractivity contribution in [1.82, 2.24) is 14.7 Å². The van der Waals surface area contributed by atoms with Crippen LogP contribution < -0.4 is 0 Å². The molecular formula is C12H17N3O3. The van der Waals surface area contributed by atoms with E-state index in [1.807, 2.05) is 20.2 Å². The number of aliphatic carboxylic acids is 1. The van der Waals surface area contributed by atoms with Gasteiger partial charge in [-0.2, -0.15) is 5.10 Å². The van der Waals surface area contributed by atoms with E-state index in [0.717, 1.165) is 11.3 Å². The highest BCUT2D eigenvalue weighted by Crippen LogP contribution is 2.20. The van der Waals surface area contributed by atoms with E-state index in [2.05, 4.69) is 5.10 Å². The van der Waals surface area contributed by atoms with E-state index in [1.54, 1.807) is 9.58 Å². The van der Waals surface area contributed by atoms with Crippen molar-refractivity contribution in [2.45, 2.75) is 26.3 Å². The van der Waals surface area contributed by atoms with Crippen molar-refractivity contribution < 1.29 is 14.7 Å². The van der Waals surface area contributed by atoms with Crippen molar-refractivity contribution in [2.24, 2.45) is 13.0 Å². The summed E-state index contributed by atoms with van der Waals surface area (Å²) in [7, 11) is 1.83. The highest BCUT2D eigenvalue weighted by atomic mass is 16.4. The van der Waals surface area contributed by atoms with Crippen LogP contribution in [0.25, 0.3) is 0 Å². The Hall–Kier alpha value is -1.85. The number of aryl methyl sites for hydroxylation is 2. The van der Waals surface area contributed by atoms with Crippen LogP contribution in [0.1, 0.15) is 24.1 Å².